The molecule has 3 aliphatic heterocycles. The lowest BCUT2D eigenvalue weighted by atomic mass is 10.1. The zero-order valence-corrected chi connectivity index (χ0v) is 23.8. The van der Waals surface area contributed by atoms with E-state index < -0.39 is 77.9 Å². The molecule has 4 aromatic heterocycles. The Morgan fingerprint density at radius 2 is 1.11 bits per heavy atom. The average Bonchev–Trinajstić information content (AvgIpc) is 3.73. The van der Waals surface area contributed by atoms with Crippen molar-refractivity contribution < 1.29 is 56.7 Å². The summed E-state index contributed by atoms with van der Waals surface area (Å²) in [5.74, 6) is 0.0631. The maximum absolute atomic E-state index is 13.1. The van der Waals surface area contributed by atoms with E-state index in [1.807, 2.05) is 0 Å². The van der Waals surface area contributed by atoms with Crippen molar-refractivity contribution in [3.63, 3.8) is 0 Å². The lowest BCUT2D eigenvalue weighted by Crippen LogP contribution is -2.38. The first-order valence-electron chi connectivity index (χ1n) is 12.8. The smallest absolute Gasteiger partial charge is 0.387 e. The van der Waals surface area contributed by atoms with Gasteiger partial charge in [-0.2, -0.15) is 0 Å². The van der Waals surface area contributed by atoms with Crippen molar-refractivity contribution in [1.29, 1.82) is 0 Å². The molecule has 2 unspecified atom stereocenters. The molecule has 7 heterocycles. The number of ether oxygens (including phenoxy) is 2. The molecule has 236 valence electrons. The van der Waals surface area contributed by atoms with Gasteiger partial charge in [0, 0.05) is 0 Å². The van der Waals surface area contributed by atoms with Gasteiger partial charge >= 0.3 is 15.6 Å². The summed E-state index contributed by atoms with van der Waals surface area (Å²) in [5, 5.41) is 22.1. The van der Waals surface area contributed by atoms with E-state index in [-0.39, 0.29) is 34.0 Å². The molecule has 4 aromatic rings. The standard InChI is InChI=1S/C20H24N10O12P2/c21-15-9-17(25-3-23-15)29(5-27-9)19-13-11(31)7(39-19)1-37-43(33,34)41-14-12(32)8(2-38-44(35,36)42-13)40-20(14)30-6-28-10-16(22)24-4-26-18(10)30/h3-8,11-14,19-20,31-32H,1-2H2,(H,33,34)(H,35,36)(H2,21,23,25)(H2,22,24,26)/t7-,8+,11-,12+,13-,14+,19-,20+. The van der Waals surface area contributed by atoms with Crippen LogP contribution < -0.4 is 11.5 Å². The van der Waals surface area contributed by atoms with Crippen LogP contribution in [-0.4, -0.2) is 109 Å². The van der Waals surface area contributed by atoms with E-state index in [2.05, 4.69) is 29.9 Å². The van der Waals surface area contributed by atoms with Gasteiger partial charge in [0.1, 0.15) is 60.3 Å². The van der Waals surface area contributed by atoms with Gasteiger partial charge in [-0.1, -0.05) is 0 Å². The minimum atomic E-state index is -5.03. The number of imidazole rings is 2. The molecular formula is C20H24N10O12P2. The van der Waals surface area contributed by atoms with E-state index in [1.165, 1.54) is 21.8 Å². The maximum Gasteiger partial charge on any atom is 0.472 e. The number of hydrogen-bond donors (Lipinski definition) is 6. The van der Waals surface area contributed by atoms with E-state index in [0.29, 0.717) is 0 Å². The summed E-state index contributed by atoms with van der Waals surface area (Å²) >= 11 is 0. The van der Waals surface area contributed by atoms with Crippen LogP contribution in [0.5, 0.6) is 0 Å². The highest BCUT2D eigenvalue weighted by atomic mass is 31.2. The third-order valence-corrected chi connectivity index (χ3v) is 9.23. The van der Waals surface area contributed by atoms with Crippen molar-refractivity contribution in [1.82, 2.24) is 39.0 Å². The van der Waals surface area contributed by atoms with Crippen molar-refractivity contribution in [3.05, 3.63) is 25.3 Å². The molecule has 10 atom stereocenters. The molecule has 0 aromatic carbocycles. The number of phosphoric ester groups is 2. The van der Waals surface area contributed by atoms with Gasteiger partial charge in [0.25, 0.3) is 0 Å². The fourth-order valence-corrected chi connectivity index (χ4v) is 7.07. The van der Waals surface area contributed by atoms with Crippen LogP contribution in [0.2, 0.25) is 0 Å². The first-order valence-corrected chi connectivity index (χ1v) is 15.8. The summed E-state index contributed by atoms with van der Waals surface area (Å²) < 4.78 is 61.5. The number of anilines is 2. The maximum atomic E-state index is 13.1. The van der Waals surface area contributed by atoms with Crippen molar-refractivity contribution in [2.45, 2.75) is 49.1 Å². The van der Waals surface area contributed by atoms with Crippen LogP contribution in [0.3, 0.4) is 0 Å². The predicted molar refractivity (Wildman–Crippen MR) is 141 cm³/mol. The summed E-state index contributed by atoms with van der Waals surface area (Å²) in [6.07, 6.45) is -7.52. The van der Waals surface area contributed by atoms with E-state index in [4.69, 9.17) is 39.0 Å². The summed E-state index contributed by atoms with van der Waals surface area (Å²) in [6, 6.07) is 0. The number of nitrogens with two attached hydrogens (primary N) is 2. The molecule has 7 rings (SSSR count). The van der Waals surface area contributed by atoms with Crippen LogP contribution in [0.15, 0.2) is 25.3 Å². The lowest BCUT2D eigenvalue weighted by Gasteiger charge is -2.26. The van der Waals surface area contributed by atoms with Crippen LogP contribution in [-0.2, 0) is 36.7 Å². The van der Waals surface area contributed by atoms with Gasteiger partial charge in [0.05, 0.1) is 25.9 Å². The second-order valence-corrected chi connectivity index (χ2v) is 12.8. The summed E-state index contributed by atoms with van der Waals surface area (Å²) in [4.78, 5) is 45.4. The molecular weight excluding hydrogens is 634 g/mol. The Labute approximate surface area is 244 Å². The minimum absolute atomic E-state index is 0.0316. The van der Waals surface area contributed by atoms with Crippen LogP contribution >= 0.6 is 15.6 Å². The molecule has 24 heteroatoms. The van der Waals surface area contributed by atoms with Crippen LogP contribution in [0.25, 0.3) is 22.3 Å². The Bertz CT molecular complexity index is 1690. The number of nitrogen functional groups attached to an aromatic ring is 2. The third-order valence-electron chi connectivity index (χ3n) is 7.26. The summed E-state index contributed by atoms with van der Waals surface area (Å²) in [5.41, 5.74) is 12.3. The number of aliphatic hydroxyl groups excluding tert-OH is 2. The molecule has 0 saturated carbocycles. The van der Waals surface area contributed by atoms with Crippen molar-refractivity contribution in [2.24, 2.45) is 0 Å². The minimum Gasteiger partial charge on any atom is -0.387 e. The summed E-state index contributed by atoms with van der Waals surface area (Å²) in [7, 11) is -10.1. The molecule has 3 aliphatic rings. The summed E-state index contributed by atoms with van der Waals surface area (Å²) in [6.45, 7) is -1.55. The third kappa shape index (κ3) is 5.04. The highest BCUT2D eigenvalue weighted by molar-refractivity contribution is 7.47. The average molecular weight is 658 g/mol. The van der Waals surface area contributed by atoms with Gasteiger partial charge in [-0.15, -0.1) is 0 Å². The van der Waals surface area contributed by atoms with Crippen LogP contribution in [0.1, 0.15) is 12.5 Å². The number of phosphoric acid groups is 2. The van der Waals surface area contributed by atoms with Crippen LogP contribution in [0, 0.1) is 0 Å². The van der Waals surface area contributed by atoms with Gasteiger partial charge < -0.3 is 40.9 Å². The zero-order chi connectivity index (χ0) is 31.0. The fraction of sp³-hybridized carbons (Fsp3) is 0.500. The van der Waals surface area contributed by atoms with Gasteiger partial charge in [-0.05, 0) is 0 Å². The van der Waals surface area contributed by atoms with Gasteiger partial charge in [-0.25, -0.2) is 39.0 Å². The van der Waals surface area contributed by atoms with E-state index in [0.717, 1.165) is 12.7 Å². The molecule has 44 heavy (non-hydrogen) atoms. The molecule has 3 saturated heterocycles. The molecule has 4 bridgehead atoms. The number of hydrogen-bond acceptors (Lipinski definition) is 18. The first-order chi connectivity index (χ1) is 20.9. The van der Waals surface area contributed by atoms with Crippen molar-refractivity contribution in [2.75, 3.05) is 24.7 Å². The molecule has 0 aliphatic carbocycles. The molecule has 0 spiro atoms. The van der Waals surface area contributed by atoms with Gasteiger partial charge in [-0.3, -0.25) is 27.2 Å². The van der Waals surface area contributed by atoms with Crippen LogP contribution in [0.4, 0.5) is 11.6 Å². The van der Waals surface area contributed by atoms with E-state index in [1.54, 1.807) is 0 Å². The lowest BCUT2D eigenvalue weighted by molar-refractivity contribution is -0.0675. The fourth-order valence-electron chi connectivity index (χ4n) is 5.20. The van der Waals surface area contributed by atoms with E-state index >= 15 is 0 Å². The quantitative estimate of drug-likeness (QED) is 0.132. The van der Waals surface area contributed by atoms with Gasteiger partial charge in [0.15, 0.2) is 35.4 Å². The Hall–Kier alpha value is -3.24. The number of aliphatic hydroxyl groups is 2. The number of aromatic nitrogens is 8. The SMILES string of the molecule is Nc1ncnc2c1ncn2[C@@H]1O[C@@H]2COP(=O)(O)O[C@H]3[C@@H](O)[C@H](COP(=O)(O)O[C@@H]1[C@@H]2O)O[C@@H]3n1cnc2c(N)ncnc21. The Morgan fingerprint density at radius 1 is 0.705 bits per heavy atom. The normalized spacial score (nSPS) is 38.3. The van der Waals surface area contributed by atoms with Gasteiger partial charge in [0.2, 0.25) is 0 Å². The number of fused-ring (bicyclic) bond motifs is 6. The number of nitrogens with zero attached hydrogens (tertiary/aromatic N) is 8. The first kappa shape index (κ1) is 29.5. The molecule has 0 amide bonds. The highest BCUT2D eigenvalue weighted by Crippen LogP contribution is 2.53. The predicted octanol–water partition coefficient (Wildman–Crippen LogP) is -1.63. The Balaban J connectivity index is 1.22. The second-order valence-electron chi connectivity index (χ2n) is 9.95. The molecule has 3 fully saturated rings. The zero-order valence-electron chi connectivity index (χ0n) is 22.0. The van der Waals surface area contributed by atoms with Crippen molar-refractivity contribution in [3.8, 4) is 0 Å². The second kappa shape index (κ2) is 10.7. The monoisotopic (exact) mass is 658 g/mol. The van der Waals surface area contributed by atoms with Crippen molar-refractivity contribution >= 4 is 49.6 Å². The largest absolute Gasteiger partial charge is 0.472 e. The molecule has 22 nitrogen and oxygen atoms in total. The highest BCUT2D eigenvalue weighted by Gasteiger charge is 2.54. The Kier molecular flexibility index (Phi) is 7.16. The van der Waals surface area contributed by atoms with E-state index in [9.17, 15) is 29.1 Å². The number of rotatable bonds is 2. The Morgan fingerprint density at radius 3 is 1.52 bits per heavy atom. The molecule has 8 N–H and O–H groups in total. The molecule has 0 radical (unpaired) electrons. The topological polar surface area (TPSA) is 310 Å².